The number of rotatable bonds is 1. The third kappa shape index (κ3) is 1.75. The Morgan fingerprint density at radius 1 is 1.17 bits per heavy atom. The van der Waals surface area contributed by atoms with E-state index in [-0.39, 0.29) is 0 Å². The van der Waals surface area contributed by atoms with E-state index in [2.05, 4.69) is 40.9 Å². The zero-order chi connectivity index (χ0) is 12.7. The Hall–Kier alpha value is -1.62. The lowest BCUT2D eigenvalue weighted by Gasteiger charge is -2.29. The summed E-state index contributed by atoms with van der Waals surface area (Å²) in [6, 6.07) is 0. The van der Waals surface area contributed by atoms with E-state index < -0.39 is 0 Å². The Labute approximate surface area is 108 Å². The lowest BCUT2D eigenvalue weighted by Crippen LogP contribution is -2.41. The van der Waals surface area contributed by atoms with Crippen LogP contribution < -0.4 is 10.7 Å². The van der Waals surface area contributed by atoms with E-state index in [9.17, 15) is 0 Å². The lowest BCUT2D eigenvalue weighted by molar-refractivity contribution is 0.397. The average Bonchev–Trinajstić information content (AvgIpc) is 2.37. The zero-order valence-corrected chi connectivity index (χ0v) is 11.2. The van der Waals surface area contributed by atoms with Crippen molar-refractivity contribution in [2.75, 3.05) is 0 Å². The quantitative estimate of drug-likeness (QED) is 0.690. The first kappa shape index (κ1) is 11.5. The van der Waals surface area contributed by atoms with E-state index in [0.29, 0.717) is 17.8 Å². The second-order valence-corrected chi connectivity index (χ2v) is 5.28. The van der Waals surface area contributed by atoms with E-state index >= 15 is 0 Å². The summed E-state index contributed by atoms with van der Waals surface area (Å²) in [7, 11) is 0. The minimum absolute atomic E-state index is 0.483. The molecule has 92 valence electrons. The maximum Gasteiger partial charge on any atom is 0.0850 e. The molecule has 3 unspecified atom stereocenters. The first-order valence-electron chi connectivity index (χ1n) is 6.72. The van der Waals surface area contributed by atoms with Gasteiger partial charge in [0.15, 0.2) is 0 Å². The summed E-state index contributed by atoms with van der Waals surface area (Å²) >= 11 is 0. The Morgan fingerprint density at radius 2 is 1.83 bits per heavy atom. The van der Waals surface area contributed by atoms with Crippen molar-refractivity contribution in [3.63, 3.8) is 0 Å². The summed E-state index contributed by atoms with van der Waals surface area (Å²) in [6.45, 7) is 6.27. The molecule has 1 aromatic heterocycles. The maximum atomic E-state index is 4.68. The van der Waals surface area contributed by atoms with Crippen LogP contribution in [0.2, 0.25) is 0 Å². The number of hydrogen-bond acceptors (Lipinski definition) is 2. The molecule has 0 amide bonds. The largest absolute Gasteiger partial charge is 0.250 e. The molecule has 0 saturated carbocycles. The van der Waals surface area contributed by atoms with Crippen LogP contribution in [0.5, 0.6) is 0 Å². The summed E-state index contributed by atoms with van der Waals surface area (Å²) in [4.78, 5) is 9.33. The van der Waals surface area contributed by atoms with Gasteiger partial charge in [-0.05, 0) is 26.2 Å². The number of aryl methyl sites for hydroxylation is 2. The van der Waals surface area contributed by atoms with Crippen LogP contribution in [0.25, 0.3) is 12.2 Å². The smallest absolute Gasteiger partial charge is 0.0850 e. The van der Waals surface area contributed by atoms with Crippen LogP contribution in [0.1, 0.15) is 31.2 Å². The molecule has 2 heteroatoms. The Balaban J connectivity index is 2.17. The molecule has 3 atom stereocenters. The van der Waals surface area contributed by atoms with Crippen LogP contribution in [0.4, 0.5) is 0 Å². The minimum Gasteiger partial charge on any atom is -0.250 e. The van der Waals surface area contributed by atoms with E-state index in [4.69, 9.17) is 0 Å². The van der Waals surface area contributed by atoms with Crippen molar-refractivity contribution in [2.24, 2.45) is 17.8 Å². The van der Waals surface area contributed by atoms with Crippen LogP contribution in [0.15, 0.2) is 0 Å². The van der Waals surface area contributed by atoms with Gasteiger partial charge in [0, 0.05) is 18.3 Å². The molecule has 0 fully saturated rings. The van der Waals surface area contributed by atoms with Gasteiger partial charge in [-0.3, -0.25) is 0 Å². The van der Waals surface area contributed by atoms with Crippen LogP contribution in [-0.2, 0) is 0 Å². The molecule has 1 aromatic rings. The van der Waals surface area contributed by atoms with Crippen molar-refractivity contribution in [1.82, 2.24) is 9.97 Å². The van der Waals surface area contributed by atoms with E-state index in [1.54, 1.807) is 0 Å². The van der Waals surface area contributed by atoms with Gasteiger partial charge in [0.25, 0.3) is 0 Å². The van der Waals surface area contributed by atoms with Gasteiger partial charge in [0.1, 0.15) is 0 Å². The molecule has 0 aliphatic heterocycles. The highest BCUT2D eigenvalue weighted by Gasteiger charge is 2.28. The van der Waals surface area contributed by atoms with E-state index in [0.717, 1.165) is 34.9 Å². The van der Waals surface area contributed by atoms with Crippen molar-refractivity contribution in [2.45, 2.75) is 33.6 Å². The molecule has 0 N–H and O–H groups in total. The van der Waals surface area contributed by atoms with Crippen LogP contribution in [-0.4, -0.2) is 9.97 Å². The summed E-state index contributed by atoms with van der Waals surface area (Å²) < 4.78 is 0. The fourth-order valence-corrected chi connectivity index (χ4v) is 2.89. The molecule has 0 spiro atoms. The minimum atomic E-state index is 0.483. The number of nitrogens with zero attached hydrogens (tertiary/aromatic N) is 2. The molecule has 0 radical (unpaired) electrons. The monoisotopic (exact) mass is 238 g/mol. The van der Waals surface area contributed by atoms with Crippen molar-refractivity contribution >= 4 is 12.2 Å². The van der Waals surface area contributed by atoms with Gasteiger partial charge in [0.05, 0.1) is 22.1 Å². The SMILES string of the molecule is CCC1C#CCC2C=c3nc(C)c(C)nc3=CC12. The molecule has 2 aliphatic rings. The molecule has 0 saturated heterocycles. The fraction of sp³-hybridized carbons (Fsp3) is 0.500. The van der Waals surface area contributed by atoms with Gasteiger partial charge in [0.2, 0.25) is 0 Å². The number of fused-ring (bicyclic) bond motifs is 2. The molecule has 2 aliphatic carbocycles. The molecule has 2 nitrogen and oxygen atoms in total. The normalized spacial score (nSPS) is 28.1. The summed E-state index contributed by atoms with van der Waals surface area (Å²) in [5.74, 6) is 8.21. The molecule has 0 bridgehead atoms. The fourth-order valence-electron chi connectivity index (χ4n) is 2.89. The van der Waals surface area contributed by atoms with E-state index in [1.807, 2.05) is 13.8 Å². The molecule has 18 heavy (non-hydrogen) atoms. The molecular weight excluding hydrogens is 220 g/mol. The van der Waals surface area contributed by atoms with Crippen molar-refractivity contribution in [1.29, 1.82) is 0 Å². The van der Waals surface area contributed by atoms with Gasteiger partial charge in [-0.25, -0.2) is 9.97 Å². The summed E-state index contributed by atoms with van der Waals surface area (Å²) in [6.07, 6.45) is 6.68. The highest BCUT2D eigenvalue weighted by atomic mass is 14.8. The number of hydrogen-bond donors (Lipinski definition) is 0. The topological polar surface area (TPSA) is 25.8 Å². The molecule has 0 aromatic carbocycles. The van der Waals surface area contributed by atoms with Crippen LogP contribution in [0, 0.1) is 43.4 Å². The van der Waals surface area contributed by atoms with Gasteiger partial charge in [-0.15, -0.1) is 5.92 Å². The van der Waals surface area contributed by atoms with E-state index in [1.165, 1.54) is 0 Å². The molecule has 1 heterocycles. The highest BCUT2D eigenvalue weighted by Crippen LogP contribution is 2.32. The summed E-state index contributed by atoms with van der Waals surface area (Å²) in [5.41, 5.74) is 2.07. The van der Waals surface area contributed by atoms with Crippen molar-refractivity contribution in [3.8, 4) is 11.8 Å². The van der Waals surface area contributed by atoms with Crippen molar-refractivity contribution < 1.29 is 0 Å². The highest BCUT2D eigenvalue weighted by molar-refractivity contribution is 5.44. The lowest BCUT2D eigenvalue weighted by atomic mass is 9.74. The second-order valence-electron chi connectivity index (χ2n) is 5.28. The van der Waals surface area contributed by atoms with Crippen LogP contribution >= 0.6 is 0 Å². The van der Waals surface area contributed by atoms with Crippen LogP contribution in [0.3, 0.4) is 0 Å². The Kier molecular flexibility index (Phi) is 2.70. The predicted molar refractivity (Wildman–Crippen MR) is 72.8 cm³/mol. The summed E-state index contributed by atoms with van der Waals surface area (Å²) in [5, 5.41) is 2.11. The van der Waals surface area contributed by atoms with Gasteiger partial charge < -0.3 is 0 Å². The standard InChI is InChI=1S/C16H18N2/c1-4-12-6-5-7-13-8-15-16(9-14(12)13)18-11(3)10(2)17-15/h8-9,12-14H,4,7H2,1-3H3. The Bertz CT molecular complexity index is 661. The number of aromatic nitrogens is 2. The third-order valence-corrected chi connectivity index (χ3v) is 4.11. The predicted octanol–water partition coefficient (Wildman–Crippen LogP) is 1.33. The van der Waals surface area contributed by atoms with Gasteiger partial charge in [-0.2, -0.15) is 0 Å². The second kappa shape index (κ2) is 4.24. The first-order chi connectivity index (χ1) is 8.69. The molecule has 3 rings (SSSR count). The first-order valence-corrected chi connectivity index (χ1v) is 6.72. The molecular formula is C16H18N2. The van der Waals surface area contributed by atoms with Gasteiger partial charge in [-0.1, -0.05) is 25.0 Å². The zero-order valence-electron chi connectivity index (χ0n) is 11.2. The maximum absolute atomic E-state index is 4.68. The van der Waals surface area contributed by atoms with Gasteiger partial charge >= 0.3 is 0 Å². The average molecular weight is 238 g/mol. The third-order valence-electron chi connectivity index (χ3n) is 4.11. The van der Waals surface area contributed by atoms with Crippen molar-refractivity contribution in [3.05, 3.63) is 22.1 Å². The Morgan fingerprint density at radius 3 is 2.50 bits per heavy atom.